The first kappa shape index (κ1) is 20.0. The SMILES string of the molecule is CC(C)(C)OC12CC3CC(C1)CC(C(=O)OCCC(F)C(C)(F)F)(C3)C2. The highest BCUT2D eigenvalue weighted by atomic mass is 19.3. The molecule has 4 aliphatic carbocycles. The topological polar surface area (TPSA) is 35.5 Å². The van der Waals surface area contributed by atoms with Crippen molar-refractivity contribution in [2.45, 2.75) is 95.9 Å². The molecule has 3 unspecified atom stereocenters. The first-order chi connectivity index (χ1) is 11.8. The van der Waals surface area contributed by atoms with Crippen molar-refractivity contribution in [3.63, 3.8) is 0 Å². The minimum Gasteiger partial charge on any atom is -0.465 e. The molecule has 0 aromatic heterocycles. The Morgan fingerprint density at radius 1 is 1.12 bits per heavy atom. The standard InChI is InChI=1S/C20H31F3O3/c1-17(2,3)26-20-10-13-7-14(11-20)9-19(8-13,12-20)16(24)25-6-5-15(21)18(4,22)23/h13-15H,5-12H2,1-4H3. The zero-order valence-corrected chi connectivity index (χ0v) is 16.2. The van der Waals surface area contributed by atoms with Gasteiger partial charge in [-0.2, -0.15) is 0 Å². The van der Waals surface area contributed by atoms with Crippen molar-refractivity contribution in [2.24, 2.45) is 17.3 Å². The van der Waals surface area contributed by atoms with Crippen LogP contribution in [0.25, 0.3) is 0 Å². The fourth-order valence-corrected chi connectivity index (χ4v) is 5.85. The average molecular weight is 376 g/mol. The minimum absolute atomic E-state index is 0.287. The van der Waals surface area contributed by atoms with E-state index in [-0.39, 0.29) is 23.8 Å². The highest BCUT2D eigenvalue weighted by Gasteiger charge is 2.62. The van der Waals surface area contributed by atoms with Crippen LogP contribution in [-0.2, 0) is 14.3 Å². The van der Waals surface area contributed by atoms with E-state index in [0.29, 0.717) is 25.2 Å². The number of rotatable bonds is 6. The molecule has 0 spiro atoms. The number of esters is 1. The molecule has 4 bridgehead atoms. The van der Waals surface area contributed by atoms with Crippen molar-refractivity contribution in [2.75, 3.05) is 6.61 Å². The van der Waals surface area contributed by atoms with Gasteiger partial charge < -0.3 is 9.47 Å². The van der Waals surface area contributed by atoms with E-state index in [1.165, 1.54) is 0 Å². The lowest BCUT2D eigenvalue weighted by atomic mass is 9.47. The zero-order valence-electron chi connectivity index (χ0n) is 16.2. The first-order valence-electron chi connectivity index (χ1n) is 9.72. The lowest BCUT2D eigenvalue weighted by Gasteiger charge is -2.61. The number of halogens is 3. The Kier molecular flexibility index (Phi) is 4.90. The summed E-state index contributed by atoms with van der Waals surface area (Å²) in [6.45, 7) is 6.34. The zero-order chi connectivity index (χ0) is 19.4. The first-order valence-corrected chi connectivity index (χ1v) is 9.72. The van der Waals surface area contributed by atoms with Gasteiger partial charge in [0.2, 0.25) is 0 Å². The molecule has 3 nitrogen and oxygen atoms in total. The van der Waals surface area contributed by atoms with Crippen LogP contribution in [0.3, 0.4) is 0 Å². The summed E-state index contributed by atoms with van der Waals surface area (Å²) < 4.78 is 51.0. The van der Waals surface area contributed by atoms with Gasteiger partial charge in [0, 0.05) is 13.3 Å². The van der Waals surface area contributed by atoms with Crippen molar-refractivity contribution < 1.29 is 27.4 Å². The fraction of sp³-hybridized carbons (Fsp3) is 0.950. The maximum absolute atomic E-state index is 13.4. The number of ether oxygens (including phenoxy) is 2. The summed E-state index contributed by atoms with van der Waals surface area (Å²) in [4.78, 5) is 12.8. The molecule has 4 aliphatic rings. The van der Waals surface area contributed by atoms with E-state index >= 15 is 0 Å². The Balaban J connectivity index is 1.66. The summed E-state index contributed by atoms with van der Waals surface area (Å²) in [5.41, 5.74) is -1.17. The van der Waals surface area contributed by atoms with Crippen LogP contribution in [0.1, 0.15) is 72.6 Å². The molecule has 0 aromatic carbocycles. The monoisotopic (exact) mass is 376 g/mol. The molecular formula is C20H31F3O3. The predicted octanol–water partition coefficient (Wildman–Crippen LogP) is 5.07. The molecule has 0 heterocycles. The number of carbonyl (C=O) groups is 1. The van der Waals surface area contributed by atoms with Crippen LogP contribution in [0.5, 0.6) is 0 Å². The molecule has 0 aromatic rings. The van der Waals surface area contributed by atoms with Crippen molar-refractivity contribution in [3.8, 4) is 0 Å². The van der Waals surface area contributed by atoms with Gasteiger partial charge in [0.25, 0.3) is 5.92 Å². The second-order valence-electron chi connectivity index (χ2n) is 9.99. The van der Waals surface area contributed by atoms with Crippen LogP contribution < -0.4 is 0 Å². The molecule has 6 heteroatoms. The lowest BCUT2D eigenvalue weighted by Crippen LogP contribution is -2.61. The third-order valence-electron chi connectivity index (χ3n) is 6.12. The highest BCUT2D eigenvalue weighted by Crippen LogP contribution is 2.63. The molecule has 4 fully saturated rings. The molecule has 0 radical (unpaired) electrons. The fourth-order valence-electron chi connectivity index (χ4n) is 5.85. The van der Waals surface area contributed by atoms with Crippen molar-refractivity contribution in [1.29, 1.82) is 0 Å². The maximum atomic E-state index is 13.4. The predicted molar refractivity (Wildman–Crippen MR) is 91.8 cm³/mol. The van der Waals surface area contributed by atoms with Crippen molar-refractivity contribution in [3.05, 3.63) is 0 Å². The van der Waals surface area contributed by atoms with Crippen LogP contribution in [0.2, 0.25) is 0 Å². The van der Waals surface area contributed by atoms with E-state index in [9.17, 15) is 18.0 Å². The summed E-state index contributed by atoms with van der Waals surface area (Å²) in [7, 11) is 0. The molecular weight excluding hydrogens is 345 g/mol. The summed E-state index contributed by atoms with van der Waals surface area (Å²) in [6.07, 6.45) is 2.50. The Labute approximate surface area is 154 Å². The normalized spacial score (nSPS) is 37.7. The van der Waals surface area contributed by atoms with E-state index in [4.69, 9.17) is 9.47 Å². The van der Waals surface area contributed by atoms with Gasteiger partial charge in [-0.3, -0.25) is 4.79 Å². The van der Waals surface area contributed by atoms with Gasteiger partial charge in [0.1, 0.15) is 0 Å². The van der Waals surface area contributed by atoms with E-state index in [1.54, 1.807) is 0 Å². The van der Waals surface area contributed by atoms with E-state index in [2.05, 4.69) is 0 Å². The highest BCUT2D eigenvalue weighted by molar-refractivity contribution is 5.77. The van der Waals surface area contributed by atoms with Gasteiger partial charge in [0.15, 0.2) is 6.17 Å². The molecule has 3 atom stereocenters. The molecule has 26 heavy (non-hydrogen) atoms. The molecule has 4 saturated carbocycles. The average Bonchev–Trinajstić information content (AvgIpc) is 2.41. The Morgan fingerprint density at radius 3 is 2.19 bits per heavy atom. The number of hydrogen-bond acceptors (Lipinski definition) is 3. The number of carbonyl (C=O) groups excluding carboxylic acids is 1. The molecule has 4 rings (SSSR count). The second kappa shape index (κ2) is 6.39. The molecule has 150 valence electrons. The van der Waals surface area contributed by atoms with Crippen LogP contribution in [0, 0.1) is 17.3 Å². The second-order valence-corrected chi connectivity index (χ2v) is 9.99. The van der Waals surface area contributed by atoms with E-state index < -0.39 is 23.9 Å². The van der Waals surface area contributed by atoms with E-state index in [0.717, 1.165) is 32.1 Å². The Hall–Kier alpha value is -0.780. The lowest BCUT2D eigenvalue weighted by molar-refractivity contribution is -0.237. The number of alkyl halides is 3. The third kappa shape index (κ3) is 4.05. The molecule has 0 amide bonds. The minimum atomic E-state index is -3.41. The maximum Gasteiger partial charge on any atom is 0.312 e. The van der Waals surface area contributed by atoms with Gasteiger partial charge in [0.05, 0.1) is 23.2 Å². The van der Waals surface area contributed by atoms with Gasteiger partial charge in [-0.25, -0.2) is 13.2 Å². The van der Waals surface area contributed by atoms with Crippen LogP contribution in [0.15, 0.2) is 0 Å². The molecule has 0 N–H and O–H groups in total. The molecule has 0 saturated heterocycles. The molecule has 0 aliphatic heterocycles. The van der Waals surface area contributed by atoms with Crippen LogP contribution in [-0.4, -0.2) is 35.9 Å². The Morgan fingerprint density at radius 2 is 1.69 bits per heavy atom. The quantitative estimate of drug-likeness (QED) is 0.608. The third-order valence-corrected chi connectivity index (χ3v) is 6.12. The van der Waals surface area contributed by atoms with Gasteiger partial charge in [-0.05, 0) is 71.1 Å². The summed E-state index contributed by atoms with van der Waals surface area (Å²) in [5, 5.41) is 0. The largest absolute Gasteiger partial charge is 0.465 e. The summed E-state index contributed by atoms with van der Waals surface area (Å²) in [6, 6.07) is 0. The van der Waals surface area contributed by atoms with Crippen molar-refractivity contribution in [1.82, 2.24) is 0 Å². The Bertz CT molecular complexity index is 535. The van der Waals surface area contributed by atoms with Gasteiger partial charge in [-0.1, -0.05) is 0 Å². The van der Waals surface area contributed by atoms with Crippen LogP contribution >= 0.6 is 0 Å². The smallest absolute Gasteiger partial charge is 0.312 e. The van der Waals surface area contributed by atoms with Crippen LogP contribution in [0.4, 0.5) is 13.2 Å². The summed E-state index contributed by atoms with van der Waals surface area (Å²) >= 11 is 0. The van der Waals surface area contributed by atoms with Gasteiger partial charge >= 0.3 is 5.97 Å². The summed E-state index contributed by atoms with van der Waals surface area (Å²) in [5.74, 6) is -2.86. The van der Waals surface area contributed by atoms with E-state index in [1.807, 2.05) is 20.8 Å². The van der Waals surface area contributed by atoms with Gasteiger partial charge in [-0.15, -0.1) is 0 Å². The number of hydrogen-bond donors (Lipinski definition) is 0. The van der Waals surface area contributed by atoms with Crippen molar-refractivity contribution >= 4 is 5.97 Å².